The van der Waals surface area contributed by atoms with Gasteiger partial charge in [-0.2, -0.15) is 0 Å². The second kappa shape index (κ2) is 8.48. The van der Waals surface area contributed by atoms with E-state index in [1.807, 2.05) is 42.5 Å². The van der Waals surface area contributed by atoms with E-state index in [9.17, 15) is 13.2 Å². The Labute approximate surface area is 163 Å². The lowest BCUT2D eigenvalue weighted by molar-refractivity contribution is 0.0997. The highest BCUT2D eigenvalue weighted by molar-refractivity contribution is 7.89. The Morgan fingerprint density at radius 1 is 0.815 bits per heavy atom. The topological polar surface area (TPSA) is 63.2 Å². The molecule has 4 nitrogen and oxygen atoms in total. The van der Waals surface area contributed by atoms with Crippen LogP contribution in [0.3, 0.4) is 0 Å². The average molecular weight is 400 g/mol. The van der Waals surface area contributed by atoms with Gasteiger partial charge in [-0.3, -0.25) is 4.79 Å². The van der Waals surface area contributed by atoms with Crippen molar-refractivity contribution in [2.24, 2.45) is 0 Å². The van der Waals surface area contributed by atoms with Crippen LogP contribution in [0.1, 0.15) is 15.9 Å². The molecule has 138 valence electrons. The van der Waals surface area contributed by atoms with E-state index in [1.54, 1.807) is 24.3 Å². The molecule has 0 fully saturated rings. The Kier molecular flexibility index (Phi) is 6.06. The number of halogens is 1. The smallest absolute Gasteiger partial charge is 0.240 e. The van der Waals surface area contributed by atoms with Crippen LogP contribution in [0.15, 0.2) is 83.8 Å². The van der Waals surface area contributed by atoms with Gasteiger partial charge in [-0.05, 0) is 28.8 Å². The number of carbonyl (C=O) groups is 1. The molecule has 0 saturated carbocycles. The summed E-state index contributed by atoms with van der Waals surface area (Å²) in [5.41, 5.74) is 3.32. The van der Waals surface area contributed by atoms with E-state index in [0.29, 0.717) is 11.4 Å². The Hall–Kier alpha value is -2.47. The fourth-order valence-corrected chi connectivity index (χ4v) is 3.74. The Balaban J connectivity index is 1.66. The second-order valence-electron chi connectivity index (χ2n) is 5.97. The summed E-state index contributed by atoms with van der Waals surface area (Å²) >= 11 is 5.70. The number of nitrogens with one attached hydrogen (secondary N) is 1. The number of carbonyl (C=O) groups excluding carboxylic acids is 1. The quantitative estimate of drug-likeness (QED) is 0.477. The van der Waals surface area contributed by atoms with Crippen molar-refractivity contribution in [2.45, 2.75) is 10.8 Å². The van der Waals surface area contributed by atoms with Crippen molar-refractivity contribution in [1.29, 1.82) is 0 Å². The third-order valence-corrected chi connectivity index (χ3v) is 5.85. The normalized spacial score (nSPS) is 11.3. The van der Waals surface area contributed by atoms with Crippen molar-refractivity contribution in [3.63, 3.8) is 0 Å². The maximum atomic E-state index is 12.3. The van der Waals surface area contributed by atoms with E-state index in [1.165, 1.54) is 12.1 Å². The number of alkyl halides is 1. The summed E-state index contributed by atoms with van der Waals surface area (Å²) in [6, 6.07) is 23.1. The highest BCUT2D eigenvalue weighted by atomic mass is 35.5. The highest BCUT2D eigenvalue weighted by Gasteiger charge is 2.16. The van der Waals surface area contributed by atoms with Gasteiger partial charge in [-0.25, -0.2) is 13.1 Å². The van der Waals surface area contributed by atoms with Crippen LogP contribution in [0.25, 0.3) is 11.1 Å². The standard InChI is InChI=1S/C21H18ClNO3S/c22-14-16-6-12-20(13-7-16)27(25,26)23-15-21(24)19-10-8-18(9-11-19)17-4-2-1-3-5-17/h1-13,23H,14-15H2. The minimum Gasteiger partial charge on any atom is -0.293 e. The maximum Gasteiger partial charge on any atom is 0.240 e. The van der Waals surface area contributed by atoms with Crippen LogP contribution in [-0.4, -0.2) is 20.7 Å². The molecule has 0 bridgehead atoms. The zero-order chi connectivity index (χ0) is 19.3. The van der Waals surface area contributed by atoms with Crippen LogP contribution >= 0.6 is 11.6 Å². The summed E-state index contributed by atoms with van der Waals surface area (Å²) in [5, 5.41) is 0. The van der Waals surface area contributed by atoms with E-state index in [4.69, 9.17) is 11.6 Å². The molecule has 0 aliphatic rings. The van der Waals surface area contributed by atoms with Gasteiger partial charge in [0.25, 0.3) is 0 Å². The van der Waals surface area contributed by atoms with E-state index < -0.39 is 10.0 Å². The van der Waals surface area contributed by atoms with E-state index >= 15 is 0 Å². The predicted octanol–water partition coefficient (Wildman–Crippen LogP) is 4.25. The summed E-state index contributed by atoms with van der Waals surface area (Å²) in [5.74, 6) is 0.0150. The first-order chi connectivity index (χ1) is 13.0. The molecule has 27 heavy (non-hydrogen) atoms. The van der Waals surface area contributed by atoms with E-state index in [2.05, 4.69) is 4.72 Å². The van der Waals surface area contributed by atoms with Gasteiger partial charge in [0, 0.05) is 11.4 Å². The molecule has 0 aliphatic heterocycles. The average Bonchev–Trinajstić information content (AvgIpc) is 2.73. The number of hydrogen-bond acceptors (Lipinski definition) is 3. The van der Waals surface area contributed by atoms with Gasteiger partial charge in [0.2, 0.25) is 10.0 Å². The fraction of sp³-hybridized carbons (Fsp3) is 0.0952. The maximum absolute atomic E-state index is 12.3. The highest BCUT2D eigenvalue weighted by Crippen LogP contribution is 2.19. The van der Waals surface area contributed by atoms with Gasteiger partial charge in [0.1, 0.15) is 0 Å². The number of ketones is 1. The summed E-state index contributed by atoms with van der Waals surface area (Å²) < 4.78 is 27.0. The van der Waals surface area contributed by atoms with Gasteiger partial charge in [-0.15, -0.1) is 11.6 Å². The zero-order valence-corrected chi connectivity index (χ0v) is 16.0. The SMILES string of the molecule is O=C(CNS(=O)(=O)c1ccc(CCl)cc1)c1ccc(-c2ccccc2)cc1. The van der Waals surface area contributed by atoms with Crippen molar-refractivity contribution in [3.05, 3.63) is 90.0 Å². The lowest BCUT2D eigenvalue weighted by Gasteiger charge is -2.08. The molecule has 3 aromatic rings. The van der Waals surface area contributed by atoms with Crippen LogP contribution in [-0.2, 0) is 15.9 Å². The minimum absolute atomic E-state index is 0.101. The second-order valence-corrected chi connectivity index (χ2v) is 8.00. The van der Waals surface area contributed by atoms with Crippen LogP contribution < -0.4 is 4.72 Å². The van der Waals surface area contributed by atoms with Crippen molar-refractivity contribution in [2.75, 3.05) is 6.54 Å². The van der Waals surface area contributed by atoms with Gasteiger partial charge in [0.15, 0.2) is 5.78 Å². The van der Waals surface area contributed by atoms with Crippen LogP contribution in [0.4, 0.5) is 0 Å². The van der Waals surface area contributed by atoms with Gasteiger partial charge in [0.05, 0.1) is 11.4 Å². The molecule has 3 rings (SSSR count). The first kappa shape index (κ1) is 19.3. The van der Waals surface area contributed by atoms with E-state index in [0.717, 1.165) is 16.7 Å². The zero-order valence-electron chi connectivity index (χ0n) is 14.4. The molecule has 0 atom stereocenters. The molecule has 0 aromatic heterocycles. The van der Waals surface area contributed by atoms with Crippen molar-refractivity contribution >= 4 is 27.4 Å². The summed E-state index contributed by atoms with van der Waals surface area (Å²) in [4.78, 5) is 12.4. The van der Waals surface area contributed by atoms with E-state index in [-0.39, 0.29) is 17.2 Å². The first-order valence-electron chi connectivity index (χ1n) is 8.33. The molecule has 0 spiro atoms. The number of rotatable bonds is 7. The Morgan fingerprint density at radius 2 is 1.41 bits per heavy atom. The third kappa shape index (κ3) is 4.83. The molecule has 0 unspecified atom stereocenters. The van der Waals surface area contributed by atoms with Gasteiger partial charge in [-0.1, -0.05) is 66.7 Å². The summed E-state index contributed by atoms with van der Waals surface area (Å²) in [7, 11) is -3.75. The van der Waals surface area contributed by atoms with Crippen molar-refractivity contribution in [1.82, 2.24) is 4.72 Å². The molecule has 3 aromatic carbocycles. The number of sulfonamides is 1. The molecule has 0 saturated heterocycles. The Morgan fingerprint density at radius 3 is 2.00 bits per heavy atom. The van der Waals surface area contributed by atoms with Crippen LogP contribution in [0, 0.1) is 0 Å². The number of Topliss-reactive ketones (excluding diaryl/α,β-unsaturated/α-hetero) is 1. The Bertz CT molecular complexity index is 1020. The largest absolute Gasteiger partial charge is 0.293 e. The fourth-order valence-electron chi connectivity index (χ4n) is 2.58. The lowest BCUT2D eigenvalue weighted by Crippen LogP contribution is -2.29. The van der Waals surface area contributed by atoms with Crippen molar-refractivity contribution in [3.8, 4) is 11.1 Å². The molecule has 0 aliphatic carbocycles. The first-order valence-corrected chi connectivity index (χ1v) is 10.3. The number of benzene rings is 3. The molecule has 6 heteroatoms. The molecule has 0 amide bonds. The van der Waals surface area contributed by atoms with Crippen LogP contribution in [0.2, 0.25) is 0 Å². The summed E-state index contributed by atoms with van der Waals surface area (Å²) in [6.45, 7) is -0.301. The number of hydrogen-bond donors (Lipinski definition) is 1. The molecular weight excluding hydrogens is 382 g/mol. The van der Waals surface area contributed by atoms with Gasteiger partial charge >= 0.3 is 0 Å². The lowest BCUT2D eigenvalue weighted by atomic mass is 10.0. The van der Waals surface area contributed by atoms with Crippen molar-refractivity contribution < 1.29 is 13.2 Å². The summed E-state index contributed by atoms with van der Waals surface area (Å²) in [6.07, 6.45) is 0. The van der Waals surface area contributed by atoms with Crippen LogP contribution in [0.5, 0.6) is 0 Å². The molecular formula is C21H18ClNO3S. The third-order valence-electron chi connectivity index (χ3n) is 4.12. The predicted molar refractivity (Wildman–Crippen MR) is 107 cm³/mol. The monoisotopic (exact) mass is 399 g/mol. The van der Waals surface area contributed by atoms with Gasteiger partial charge < -0.3 is 0 Å². The molecule has 0 radical (unpaired) electrons. The molecule has 0 heterocycles. The minimum atomic E-state index is -3.75. The molecule has 1 N–H and O–H groups in total.